The van der Waals surface area contributed by atoms with E-state index in [0.717, 1.165) is 33.4 Å². The zero-order chi connectivity index (χ0) is 13.4. The van der Waals surface area contributed by atoms with Crippen molar-refractivity contribution in [3.63, 3.8) is 0 Å². The molecule has 3 rings (SSSR count). The third kappa shape index (κ3) is 2.42. The van der Waals surface area contributed by atoms with Crippen LogP contribution in [-0.4, -0.2) is 25.2 Å². The molecule has 0 saturated heterocycles. The van der Waals surface area contributed by atoms with Gasteiger partial charge in [0.1, 0.15) is 0 Å². The first-order chi connectivity index (χ1) is 9.16. The standard InChI is InChI=1S/C12H16N6S/c1-7-5-14-10(8(2)11(7)13)6-19-12-15-16-17-18(12)9-3-4-9/h5,9H,3-4,6H2,1-2H3,(H2,13,14). The lowest BCUT2D eigenvalue weighted by atomic mass is 10.1. The first-order valence-corrected chi connectivity index (χ1v) is 7.26. The number of nitrogen functional groups attached to an aromatic ring is 1. The summed E-state index contributed by atoms with van der Waals surface area (Å²) >= 11 is 1.61. The summed E-state index contributed by atoms with van der Waals surface area (Å²) in [5.74, 6) is 0.739. The van der Waals surface area contributed by atoms with Crippen LogP contribution in [0, 0.1) is 13.8 Å². The molecule has 0 spiro atoms. The molecule has 1 aliphatic carbocycles. The quantitative estimate of drug-likeness (QED) is 0.859. The van der Waals surface area contributed by atoms with E-state index in [-0.39, 0.29) is 0 Å². The van der Waals surface area contributed by atoms with E-state index in [2.05, 4.69) is 20.5 Å². The highest BCUT2D eigenvalue weighted by Gasteiger charge is 2.27. The Morgan fingerprint density at radius 2 is 2.21 bits per heavy atom. The van der Waals surface area contributed by atoms with Gasteiger partial charge in [-0.2, -0.15) is 0 Å². The molecule has 1 saturated carbocycles. The molecule has 1 fully saturated rings. The van der Waals surface area contributed by atoms with Crippen molar-refractivity contribution in [2.75, 3.05) is 5.73 Å². The first kappa shape index (κ1) is 12.4. The largest absolute Gasteiger partial charge is 0.398 e. The lowest BCUT2D eigenvalue weighted by Crippen LogP contribution is -2.02. The topological polar surface area (TPSA) is 82.5 Å². The van der Waals surface area contributed by atoms with Crippen LogP contribution >= 0.6 is 11.8 Å². The number of nitrogens with two attached hydrogens (primary N) is 1. The molecule has 0 bridgehead atoms. The summed E-state index contributed by atoms with van der Waals surface area (Å²) in [6.07, 6.45) is 4.17. The van der Waals surface area contributed by atoms with Gasteiger partial charge >= 0.3 is 0 Å². The Morgan fingerprint density at radius 3 is 2.95 bits per heavy atom. The van der Waals surface area contributed by atoms with Crippen molar-refractivity contribution in [3.05, 3.63) is 23.0 Å². The van der Waals surface area contributed by atoms with Gasteiger partial charge in [0.15, 0.2) is 0 Å². The third-order valence-corrected chi connectivity index (χ3v) is 4.31. The third-order valence-electron chi connectivity index (χ3n) is 3.37. The van der Waals surface area contributed by atoms with E-state index in [1.54, 1.807) is 11.8 Å². The van der Waals surface area contributed by atoms with Gasteiger partial charge in [0.25, 0.3) is 0 Å². The second-order valence-corrected chi connectivity index (χ2v) is 5.79. The number of pyridine rings is 1. The maximum absolute atomic E-state index is 6.02. The van der Waals surface area contributed by atoms with Gasteiger partial charge in [0, 0.05) is 17.6 Å². The molecule has 0 aliphatic heterocycles. The molecule has 0 atom stereocenters. The normalized spacial score (nSPS) is 14.8. The predicted octanol–water partition coefficient (Wildman–Crippen LogP) is 1.89. The summed E-state index contributed by atoms with van der Waals surface area (Å²) in [7, 11) is 0. The molecule has 2 heterocycles. The Balaban J connectivity index is 1.75. The predicted molar refractivity (Wildman–Crippen MR) is 73.8 cm³/mol. The van der Waals surface area contributed by atoms with Crippen LogP contribution in [0.4, 0.5) is 5.69 Å². The first-order valence-electron chi connectivity index (χ1n) is 6.28. The Bertz CT molecular complexity index is 604. The van der Waals surface area contributed by atoms with Crippen molar-refractivity contribution in [1.82, 2.24) is 25.2 Å². The summed E-state index contributed by atoms with van der Waals surface area (Å²) < 4.78 is 1.91. The number of thioether (sulfide) groups is 1. The van der Waals surface area contributed by atoms with Crippen LogP contribution in [-0.2, 0) is 5.75 Å². The lowest BCUT2D eigenvalue weighted by molar-refractivity contribution is 0.565. The molecule has 2 aromatic heterocycles. The van der Waals surface area contributed by atoms with Crippen molar-refractivity contribution < 1.29 is 0 Å². The molecule has 1 aliphatic rings. The summed E-state index contributed by atoms with van der Waals surface area (Å²) in [5.41, 5.74) is 9.93. The average Bonchev–Trinajstić information content (AvgIpc) is 3.15. The van der Waals surface area contributed by atoms with Crippen LogP contribution < -0.4 is 5.73 Å². The minimum atomic E-state index is 0.495. The van der Waals surface area contributed by atoms with Crippen molar-refractivity contribution in [2.45, 2.75) is 43.6 Å². The smallest absolute Gasteiger partial charge is 0.209 e. The highest BCUT2D eigenvalue weighted by Crippen LogP contribution is 2.37. The van der Waals surface area contributed by atoms with Crippen molar-refractivity contribution in [3.8, 4) is 0 Å². The number of aromatic nitrogens is 5. The SMILES string of the molecule is Cc1cnc(CSc2nnnn2C2CC2)c(C)c1N. The minimum Gasteiger partial charge on any atom is -0.398 e. The van der Waals surface area contributed by atoms with Crippen LogP contribution in [0.2, 0.25) is 0 Å². The molecule has 2 N–H and O–H groups in total. The maximum atomic E-state index is 6.02. The van der Waals surface area contributed by atoms with Gasteiger partial charge in [-0.1, -0.05) is 11.8 Å². The van der Waals surface area contributed by atoms with E-state index >= 15 is 0 Å². The number of rotatable bonds is 4. The van der Waals surface area contributed by atoms with Crippen LogP contribution in [0.15, 0.2) is 11.4 Å². The molecular formula is C12H16N6S. The second-order valence-electron chi connectivity index (χ2n) is 4.85. The molecule has 7 heteroatoms. The van der Waals surface area contributed by atoms with E-state index in [1.165, 1.54) is 12.8 Å². The molecule has 2 aromatic rings. The molecule has 0 amide bonds. The Morgan fingerprint density at radius 1 is 1.42 bits per heavy atom. The molecule has 0 unspecified atom stereocenters. The number of anilines is 1. The average molecular weight is 276 g/mol. The minimum absolute atomic E-state index is 0.495. The Kier molecular flexibility index (Phi) is 3.14. The van der Waals surface area contributed by atoms with E-state index in [4.69, 9.17) is 5.73 Å². The van der Waals surface area contributed by atoms with Crippen LogP contribution in [0.3, 0.4) is 0 Å². The molecule has 6 nitrogen and oxygen atoms in total. The van der Waals surface area contributed by atoms with E-state index in [9.17, 15) is 0 Å². The van der Waals surface area contributed by atoms with Gasteiger partial charge in [0.2, 0.25) is 5.16 Å². The molecule has 19 heavy (non-hydrogen) atoms. The second kappa shape index (κ2) is 4.80. The highest BCUT2D eigenvalue weighted by molar-refractivity contribution is 7.98. The van der Waals surface area contributed by atoms with Gasteiger partial charge in [-0.25, -0.2) is 4.68 Å². The van der Waals surface area contributed by atoms with Gasteiger partial charge in [-0.3, -0.25) is 4.98 Å². The zero-order valence-electron chi connectivity index (χ0n) is 11.0. The van der Waals surface area contributed by atoms with E-state index in [0.29, 0.717) is 6.04 Å². The van der Waals surface area contributed by atoms with Crippen molar-refractivity contribution in [2.24, 2.45) is 0 Å². The monoisotopic (exact) mass is 276 g/mol. The summed E-state index contributed by atoms with van der Waals surface area (Å²) in [4.78, 5) is 4.45. The fourth-order valence-electron chi connectivity index (χ4n) is 1.90. The summed E-state index contributed by atoms with van der Waals surface area (Å²) in [6.45, 7) is 3.98. The highest BCUT2D eigenvalue weighted by atomic mass is 32.2. The van der Waals surface area contributed by atoms with Crippen LogP contribution in [0.5, 0.6) is 0 Å². The fraction of sp³-hybridized carbons (Fsp3) is 0.500. The fourth-order valence-corrected chi connectivity index (χ4v) is 2.87. The van der Waals surface area contributed by atoms with Gasteiger partial charge in [-0.05, 0) is 48.2 Å². The zero-order valence-corrected chi connectivity index (χ0v) is 11.8. The maximum Gasteiger partial charge on any atom is 0.209 e. The molecule has 0 aromatic carbocycles. The van der Waals surface area contributed by atoms with Gasteiger partial charge in [-0.15, -0.1) is 5.10 Å². The summed E-state index contributed by atoms with van der Waals surface area (Å²) in [6, 6.07) is 0.495. The number of hydrogen-bond donors (Lipinski definition) is 1. The van der Waals surface area contributed by atoms with E-state index in [1.807, 2.05) is 24.7 Å². The van der Waals surface area contributed by atoms with Crippen molar-refractivity contribution in [1.29, 1.82) is 0 Å². The van der Waals surface area contributed by atoms with Crippen molar-refractivity contribution >= 4 is 17.4 Å². The summed E-state index contributed by atoms with van der Waals surface area (Å²) in [5, 5.41) is 12.7. The number of tetrazole rings is 1. The number of hydrogen-bond acceptors (Lipinski definition) is 6. The van der Waals surface area contributed by atoms with Gasteiger partial charge < -0.3 is 5.73 Å². The molecular weight excluding hydrogens is 260 g/mol. The van der Waals surface area contributed by atoms with Gasteiger partial charge in [0.05, 0.1) is 11.7 Å². The Labute approximate surface area is 115 Å². The van der Waals surface area contributed by atoms with E-state index < -0.39 is 0 Å². The number of aryl methyl sites for hydroxylation is 1. The number of nitrogens with zero attached hydrogens (tertiary/aromatic N) is 5. The molecule has 100 valence electrons. The van der Waals surface area contributed by atoms with Crippen LogP contribution in [0.25, 0.3) is 0 Å². The lowest BCUT2D eigenvalue weighted by Gasteiger charge is -2.09. The Hall–Kier alpha value is -1.63. The molecule has 0 radical (unpaired) electrons. The van der Waals surface area contributed by atoms with Crippen LogP contribution in [0.1, 0.15) is 35.7 Å².